The molecular weight excluding hydrogens is 252 g/mol. The van der Waals surface area contributed by atoms with Gasteiger partial charge in [-0.15, -0.1) is 0 Å². The third-order valence-corrected chi connectivity index (χ3v) is 3.33. The van der Waals surface area contributed by atoms with Crippen LogP contribution in [0.1, 0.15) is 71.1 Å². The van der Waals surface area contributed by atoms with Crippen molar-refractivity contribution in [2.45, 2.75) is 71.1 Å². The number of carbonyl (C=O) groups excluding carboxylic acids is 1. The van der Waals surface area contributed by atoms with Gasteiger partial charge in [0.05, 0.1) is 18.6 Å². The van der Waals surface area contributed by atoms with Gasteiger partial charge in [-0.1, -0.05) is 64.7 Å². The molecule has 0 N–H and O–H groups in total. The van der Waals surface area contributed by atoms with Crippen molar-refractivity contribution < 1.29 is 8.98 Å². The van der Waals surface area contributed by atoms with Gasteiger partial charge >= 0.3 is 4.45 Å². The van der Waals surface area contributed by atoms with Crippen LogP contribution >= 0.6 is 24.7 Å². The van der Waals surface area contributed by atoms with Gasteiger partial charge in [-0.3, -0.25) is 4.79 Å². The van der Waals surface area contributed by atoms with Crippen LogP contribution in [0.2, 0.25) is 0 Å². The van der Waals surface area contributed by atoms with Crippen LogP contribution in [0.3, 0.4) is 0 Å². The van der Waals surface area contributed by atoms with Crippen LogP contribution in [0, 0.1) is 0 Å². The molecular formula is C13H25O2S2. The monoisotopic (exact) mass is 277 g/mol. The summed E-state index contributed by atoms with van der Waals surface area (Å²) in [5.74, 6) is 0. The largest absolute Gasteiger partial charge is 0.307 e. The van der Waals surface area contributed by atoms with Crippen LogP contribution in [0.25, 0.3) is 0 Å². The first-order valence-corrected chi connectivity index (χ1v) is 7.92. The number of hydrogen-bond donors (Lipinski definition) is 0. The van der Waals surface area contributed by atoms with E-state index in [1.165, 1.54) is 57.8 Å². The molecule has 0 amide bonds. The second-order valence-electron chi connectivity index (χ2n) is 4.34. The van der Waals surface area contributed by atoms with Gasteiger partial charge in [-0.25, -0.2) is 0 Å². The fourth-order valence-electron chi connectivity index (χ4n) is 1.74. The van der Waals surface area contributed by atoms with Crippen molar-refractivity contribution in [3.63, 3.8) is 0 Å². The Kier molecular flexibility index (Phi) is 14.4. The predicted molar refractivity (Wildman–Crippen MR) is 78.4 cm³/mol. The maximum atomic E-state index is 10.4. The van der Waals surface area contributed by atoms with E-state index in [1.807, 2.05) is 0 Å². The van der Waals surface area contributed by atoms with Gasteiger partial charge in [0, 0.05) is 0 Å². The fourth-order valence-corrected chi connectivity index (χ4v) is 2.18. The number of hydrogen-bond acceptors (Lipinski definition) is 3. The van der Waals surface area contributed by atoms with E-state index < -0.39 is 0 Å². The second kappa shape index (κ2) is 14.3. The standard InChI is InChI=1S/C13H25O2S2/c1-2-3-4-5-6-7-8-9-10-11-12-15-17-13(14)16/h2-12H2,1H3. The van der Waals surface area contributed by atoms with E-state index in [9.17, 15) is 4.79 Å². The van der Waals surface area contributed by atoms with E-state index in [0.717, 1.165) is 18.5 Å². The number of rotatable bonds is 12. The minimum absolute atomic E-state index is 0.378. The Morgan fingerprint density at radius 2 is 1.41 bits per heavy atom. The van der Waals surface area contributed by atoms with E-state index in [-0.39, 0.29) is 4.45 Å². The maximum absolute atomic E-state index is 10.4. The Bertz CT molecular complexity index is 175. The summed E-state index contributed by atoms with van der Waals surface area (Å²) in [6.07, 6.45) is 13.1. The molecule has 1 radical (unpaired) electrons. The molecule has 0 fully saturated rings. The summed E-state index contributed by atoms with van der Waals surface area (Å²) in [5, 5.41) is 0. The first-order valence-electron chi connectivity index (χ1n) is 6.77. The van der Waals surface area contributed by atoms with Gasteiger partial charge in [0.25, 0.3) is 0 Å². The van der Waals surface area contributed by atoms with E-state index in [0.29, 0.717) is 6.61 Å². The highest BCUT2D eigenvalue weighted by molar-refractivity contribution is 8.29. The Morgan fingerprint density at radius 1 is 0.941 bits per heavy atom. The summed E-state index contributed by atoms with van der Waals surface area (Å²) < 4.78 is 4.65. The molecule has 0 aliphatic rings. The smallest absolute Gasteiger partial charge is 0.303 e. The fraction of sp³-hybridized carbons (Fsp3) is 0.923. The van der Waals surface area contributed by atoms with Crippen LogP contribution in [-0.2, 0) is 4.18 Å². The molecule has 17 heavy (non-hydrogen) atoms. The van der Waals surface area contributed by atoms with Crippen molar-refractivity contribution in [2.24, 2.45) is 0 Å². The lowest BCUT2D eigenvalue weighted by molar-refractivity contribution is 0.273. The summed E-state index contributed by atoms with van der Waals surface area (Å²) in [6, 6.07) is 0. The molecule has 0 spiro atoms. The van der Waals surface area contributed by atoms with E-state index in [2.05, 4.69) is 19.6 Å². The summed E-state index contributed by atoms with van der Waals surface area (Å²) in [7, 11) is 0. The molecule has 0 aliphatic carbocycles. The first kappa shape index (κ1) is 17.2. The van der Waals surface area contributed by atoms with Crippen molar-refractivity contribution in [2.75, 3.05) is 6.61 Å². The quantitative estimate of drug-likeness (QED) is 0.328. The highest BCUT2D eigenvalue weighted by atomic mass is 32.2. The summed E-state index contributed by atoms with van der Waals surface area (Å²) in [4.78, 5) is 10.4. The van der Waals surface area contributed by atoms with Crippen molar-refractivity contribution in [3.05, 3.63) is 0 Å². The second-order valence-corrected chi connectivity index (χ2v) is 5.74. The minimum Gasteiger partial charge on any atom is -0.307 e. The molecule has 0 aromatic rings. The summed E-state index contributed by atoms with van der Waals surface area (Å²) >= 11 is 5.14. The molecule has 2 nitrogen and oxygen atoms in total. The van der Waals surface area contributed by atoms with Gasteiger partial charge in [0.2, 0.25) is 0 Å². The molecule has 0 aliphatic heterocycles. The topological polar surface area (TPSA) is 26.3 Å². The van der Waals surface area contributed by atoms with Crippen LogP contribution in [0.15, 0.2) is 0 Å². The minimum atomic E-state index is -0.378. The van der Waals surface area contributed by atoms with Crippen molar-refractivity contribution in [3.8, 4) is 0 Å². The Hall–Kier alpha value is 0.200. The van der Waals surface area contributed by atoms with E-state index >= 15 is 0 Å². The summed E-state index contributed by atoms with van der Waals surface area (Å²) in [6.45, 7) is 2.89. The van der Waals surface area contributed by atoms with Crippen molar-refractivity contribution >= 4 is 29.1 Å². The molecule has 0 rings (SSSR count). The Balaban J connectivity index is 2.91. The number of carbonyl (C=O) groups is 1. The van der Waals surface area contributed by atoms with E-state index in [4.69, 9.17) is 4.18 Å². The zero-order valence-electron chi connectivity index (χ0n) is 10.9. The zero-order chi connectivity index (χ0) is 12.8. The highest BCUT2D eigenvalue weighted by Crippen LogP contribution is 2.12. The van der Waals surface area contributed by atoms with Crippen molar-refractivity contribution in [1.82, 2.24) is 0 Å². The van der Waals surface area contributed by atoms with E-state index in [1.54, 1.807) is 0 Å². The maximum Gasteiger partial charge on any atom is 0.303 e. The molecule has 0 saturated heterocycles. The third kappa shape index (κ3) is 16.2. The third-order valence-electron chi connectivity index (χ3n) is 2.71. The predicted octanol–water partition coefficient (Wildman–Crippen LogP) is 5.89. The highest BCUT2D eigenvalue weighted by Gasteiger charge is 1.97. The molecule has 0 aromatic heterocycles. The average Bonchev–Trinajstić information content (AvgIpc) is 2.30. The molecule has 0 saturated carbocycles. The molecule has 0 aromatic carbocycles. The number of unbranched alkanes of at least 4 members (excludes halogenated alkanes) is 9. The van der Waals surface area contributed by atoms with Gasteiger partial charge in [-0.2, -0.15) is 0 Å². The Morgan fingerprint density at radius 3 is 1.88 bits per heavy atom. The molecule has 0 bridgehead atoms. The SMILES string of the molecule is CCCCCCCCCCCCOSC(=O)[S]. The lowest BCUT2D eigenvalue weighted by Crippen LogP contribution is -1.89. The molecule has 0 unspecified atom stereocenters. The van der Waals surface area contributed by atoms with Gasteiger partial charge in [0.1, 0.15) is 0 Å². The van der Waals surface area contributed by atoms with Crippen LogP contribution < -0.4 is 0 Å². The lowest BCUT2D eigenvalue weighted by Gasteiger charge is -2.02. The van der Waals surface area contributed by atoms with Crippen LogP contribution in [0.5, 0.6) is 0 Å². The van der Waals surface area contributed by atoms with Crippen LogP contribution in [0.4, 0.5) is 4.79 Å². The zero-order valence-corrected chi connectivity index (χ0v) is 12.5. The van der Waals surface area contributed by atoms with Gasteiger partial charge in [0.15, 0.2) is 0 Å². The molecule has 0 heterocycles. The molecule has 101 valence electrons. The molecule has 4 heteroatoms. The van der Waals surface area contributed by atoms with Gasteiger partial charge < -0.3 is 4.18 Å². The van der Waals surface area contributed by atoms with Crippen LogP contribution in [-0.4, -0.2) is 11.1 Å². The normalized spacial score (nSPS) is 10.6. The Labute approximate surface area is 116 Å². The van der Waals surface area contributed by atoms with Crippen molar-refractivity contribution in [1.29, 1.82) is 0 Å². The molecule has 0 atom stereocenters. The summed E-state index contributed by atoms with van der Waals surface area (Å²) in [5.41, 5.74) is 0. The average molecular weight is 277 g/mol. The first-order chi connectivity index (χ1) is 8.27. The lowest BCUT2D eigenvalue weighted by atomic mass is 10.1. The van der Waals surface area contributed by atoms with Gasteiger partial charge in [-0.05, 0) is 19.0 Å².